The van der Waals surface area contributed by atoms with E-state index in [1.165, 1.54) is 89.0 Å². The Morgan fingerprint density at radius 3 is 1.83 bits per heavy atom. The highest BCUT2D eigenvalue weighted by atomic mass is 15.1. The molecule has 0 saturated heterocycles. The van der Waals surface area contributed by atoms with Gasteiger partial charge in [-0.3, -0.25) is 0 Å². The van der Waals surface area contributed by atoms with Gasteiger partial charge in [-0.1, -0.05) is 110 Å². The average molecular weight is 526 g/mol. The van der Waals surface area contributed by atoms with Crippen molar-refractivity contribution < 1.29 is 0 Å². The Labute approximate surface area is 242 Å². The third kappa shape index (κ3) is 3.36. The molecule has 0 radical (unpaired) electrons. The predicted molar refractivity (Wildman–Crippen MR) is 175 cm³/mol. The van der Waals surface area contributed by atoms with E-state index < -0.39 is 0 Å². The Bertz CT molecular complexity index is 2010. The molecule has 41 heavy (non-hydrogen) atoms. The van der Waals surface area contributed by atoms with Crippen LogP contribution < -0.4 is 4.90 Å². The summed E-state index contributed by atoms with van der Waals surface area (Å²) in [4.78, 5) is 2.50. The summed E-state index contributed by atoms with van der Waals surface area (Å²) in [7, 11) is 0. The molecule has 0 amide bonds. The topological polar surface area (TPSA) is 3.24 Å². The number of anilines is 3. The van der Waals surface area contributed by atoms with E-state index in [0.29, 0.717) is 0 Å². The van der Waals surface area contributed by atoms with Gasteiger partial charge in [0.05, 0.1) is 5.69 Å². The SMILES string of the molecule is CC=C1c2ccccc2-c2ccc(N(c3ccc(C)cc3)c3ccc4c5c(cccc35)-c3ccccc3-4)c(CC)c21. The van der Waals surface area contributed by atoms with Crippen molar-refractivity contribution in [2.24, 2.45) is 0 Å². The lowest BCUT2D eigenvalue weighted by atomic mass is 9.93. The van der Waals surface area contributed by atoms with Crippen LogP contribution >= 0.6 is 0 Å². The molecule has 2 aliphatic rings. The summed E-state index contributed by atoms with van der Waals surface area (Å²) >= 11 is 0. The Balaban J connectivity index is 1.43. The fraction of sp³-hybridized carbons (Fsp3) is 0.100. The van der Waals surface area contributed by atoms with Crippen molar-refractivity contribution in [3.63, 3.8) is 0 Å². The lowest BCUT2D eigenvalue weighted by Crippen LogP contribution is -2.14. The molecular formula is C40H31N. The van der Waals surface area contributed by atoms with Gasteiger partial charge in [0.25, 0.3) is 0 Å². The van der Waals surface area contributed by atoms with Gasteiger partial charge in [0.15, 0.2) is 0 Å². The predicted octanol–water partition coefficient (Wildman–Crippen LogP) is 11.3. The molecule has 0 atom stereocenters. The van der Waals surface area contributed by atoms with Gasteiger partial charge in [0.2, 0.25) is 0 Å². The normalized spacial score (nSPS) is 13.4. The molecule has 1 heteroatoms. The number of allylic oxidation sites excluding steroid dienone is 1. The Morgan fingerprint density at radius 1 is 0.561 bits per heavy atom. The molecule has 0 heterocycles. The molecule has 196 valence electrons. The molecule has 8 rings (SSSR count). The number of fused-ring (bicyclic) bond motifs is 6. The van der Waals surface area contributed by atoms with Crippen LogP contribution in [0, 0.1) is 6.92 Å². The largest absolute Gasteiger partial charge is 0.310 e. The van der Waals surface area contributed by atoms with Gasteiger partial charge in [0.1, 0.15) is 0 Å². The second kappa shape index (κ2) is 9.08. The lowest BCUT2D eigenvalue weighted by Gasteiger charge is -2.30. The van der Waals surface area contributed by atoms with Crippen LogP contribution in [0.25, 0.3) is 49.7 Å². The molecule has 0 saturated carbocycles. The monoisotopic (exact) mass is 525 g/mol. The molecule has 0 bridgehead atoms. The summed E-state index contributed by atoms with van der Waals surface area (Å²) in [5.41, 5.74) is 18.3. The summed E-state index contributed by atoms with van der Waals surface area (Å²) in [6.45, 7) is 6.63. The zero-order valence-electron chi connectivity index (χ0n) is 23.7. The van der Waals surface area contributed by atoms with E-state index in [2.05, 4.69) is 147 Å². The molecule has 0 spiro atoms. The number of benzene rings is 6. The van der Waals surface area contributed by atoms with Crippen LogP contribution in [0.4, 0.5) is 17.1 Å². The summed E-state index contributed by atoms with van der Waals surface area (Å²) in [6, 6.07) is 42.8. The van der Waals surface area contributed by atoms with E-state index in [0.717, 1.165) is 6.42 Å². The van der Waals surface area contributed by atoms with Gasteiger partial charge in [-0.05, 0) is 106 Å². The van der Waals surface area contributed by atoms with Gasteiger partial charge < -0.3 is 4.90 Å². The van der Waals surface area contributed by atoms with Gasteiger partial charge in [0, 0.05) is 16.8 Å². The number of hydrogen-bond acceptors (Lipinski definition) is 1. The molecule has 0 aliphatic heterocycles. The maximum atomic E-state index is 2.50. The molecular weight excluding hydrogens is 494 g/mol. The van der Waals surface area contributed by atoms with Crippen LogP contribution in [-0.2, 0) is 6.42 Å². The number of aryl methyl sites for hydroxylation is 1. The molecule has 6 aromatic rings. The highest BCUT2D eigenvalue weighted by molar-refractivity contribution is 6.19. The molecule has 0 aromatic heterocycles. The van der Waals surface area contributed by atoms with Crippen LogP contribution in [-0.4, -0.2) is 0 Å². The van der Waals surface area contributed by atoms with Crippen LogP contribution in [0.15, 0.2) is 121 Å². The van der Waals surface area contributed by atoms with Crippen molar-refractivity contribution in [2.45, 2.75) is 27.2 Å². The van der Waals surface area contributed by atoms with Crippen LogP contribution in [0.1, 0.15) is 36.1 Å². The summed E-state index contributed by atoms with van der Waals surface area (Å²) in [5.74, 6) is 0. The maximum absolute atomic E-state index is 2.50. The second-order valence-electron chi connectivity index (χ2n) is 11.2. The number of hydrogen-bond donors (Lipinski definition) is 0. The van der Waals surface area contributed by atoms with Crippen LogP contribution in [0.3, 0.4) is 0 Å². The molecule has 2 aliphatic carbocycles. The van der Waals surface area contributed by atoms with Crippen molar-refractivity contribution in [1.82, 2.24) is 0 Å². The summed E-state index contributed by atoms with van der Waals surface area (Å²) in [6.07, 6.45) is 3.24. The van der Waals surface area contributed by atoms with E-state index in [-0.39, 0.29) is 0 Å². The van der Waals surface area contributed by atoms with Gasteiger partial charge in [-0.25, -0.2) is 0 Å². The van der Waals surface area contributed by atoms with Crippen LogP contribution in [0.2, 0.25) is 0 Å². The first kappa shape index (κ1) is 24.0. The Morgan fingerprint density at radius 2 is 1.15 bits per heavy atom. The van der Waals surface area contributed by atoms with Crippen molar-refractivity contribution in [2.75, 3.05) is 4.90 Å². The second-order valence-corrected chi connectivity index (χ2v) is 11.2. The fourth-order valence-corrected chi connectivity index (χ4v) is 7.21. The van der Waals surface area contributed by atoms with Gasteiger partial charge >= 0.3 is 0 Å². The van der Waals surface area contributed by atoms with E-state index in [1.54, 1.807) is 0 Å². The molecule has 0 unspecified atom stereocenters. The van der Waals surface area contributed by atoms with Crippen molar-refractivity contribution in [3.05, 3.63) is 144 Å². The smallest absolute Gasteiger partial charge is 0.0540 e. The van der Waals surface area contributed by atoms with Crippen molar-refractivity contribution in [1.29, 1.82) is 0 Å². The maximum Gasteiger partial charge on any atom is 0.0540 e. The minimum Gasteiger partial charge on any atom is -0.310 e. The van der Waals surface area contributed by atoms with Gasteiger partial charge in [-0.2, -0.15) is 0 Å². The zero-order valence-corrected chi connectivity index (χ0v) is 23.7. The standard InChI is InChI=1S/C40H31N/c1-4-27-29-11-6-7-12-30(29)34-21-23-37(28(5-2)39(27)34)41(26-19-17-25(3)18-20-26)38-24-22-35-32-14-9-8-13-31(32)33-15-10-16-36(38)40(33)35/h4,6-24H,5H2,1-3H3. The lowest BCUT2D eigenvalue weighted by molar-refractivity contribution is 1.11. The first-order chi connectivity index (χ1) is 20.2. The minimum absolute atomic E-state index is 0.943. The zero-order chi connectivity index (χ0) is 27.7. The third-order valence-electron chi connectivity index (χ3n) is 9.01. The fourth-order valence-electron chi connectivity index (χ4n) is 7.21. The van der Waals surface area contributed by atoms with Crippen LogP contribution in [0.5, 0.6) is 0 Å². The first-order valence-electron chi connectivity index (χ1n) is 14.6. The summed E-state index contributed by atoms with van der Waals surface area (Å²) in [5, 5.41) is 2.64. The van der Waals surface area contributed by atoms with Gasteiger partial charge in [-0.15, -0.1) is 0 Å². The van der Waals surface area contributed by atoms with E-state index in [4.69, 9.17) is 0 Å². The third-order valence-corrected chi connectivity index (χ3v) is 9.01. The molecule has 0 N–H and O–H groups in total. The number of rotatable bonds is 4. The highest BCUT2D eigenvalue weighted by Gasteiger charge is 2.30. The number of nitrogens with zero attached hydrogens (tertiary/aromatic N) is 1. The minimum atomic E-state index is 0.943. The summed E-state index contributed by atoms with van der Waals surface area (Å²) < 4.78 is 0. The Kier molecular flexibility index (Phi) is 5.30. The molecule has 1 nitrogen and oxygen atoms in total. The molecule has 0 fully saturated rings. The molecule has 6 aromatic carbocycles. The van der Waals surface area contributed by atoms with Crippen molar-refractivity contribution in [3.8, 4) is 33.4 Å². The Hall–Kier alpha value is -4.88. The average Bonchev–Trinajstić information content (AvgIpc) is 3.53. The van der Waals surface area contributed by atoms with Crippen molar-refractivity contribution >= 4 is 33.4 Å². The van der Waals surface area contributed by atoms with E-state index in [9.17, 15) is 0 Å². The van der Waals surface area contributed by atoms with E-state index in [1.807, 2.05) is 0 Å². The quantitative estimate of drug-likeness (QED) is 0.221. The highest BCUT2D eigenvalue weighted by Crippen LogP contribution is 2.53. The first-order valence-corrected chi connectivity index (χ1v) is 14.6. The van der Waals surface area contributed by atoms with E-state index >= 15 is 0 Å².